The third-order valence-corrected chi connectivity index (χ3v) is 4.88. The average Bonchev–Trinajstić information content (AvgIpc) is 2.88. The van der Waals surface area contributed by atoms with Crippen molar-refractivity contribution in [2.75, 3.05) is 5.32 Å². The lowest BCUT2D eigenvalue weighted by molar-refractivity contribution is -0.137. The molecule has 0 aliphatic heterocycles. The molecule has 136 valence electrons. The van der Waals surface area contributed by atoms with Gasteiger partial charge in [0.15, 0.2) is 5.65 Å². The van der Waals surface area contributed by atoms with Gasteiger partial charge in [-0.25, -0.2) is 4.98 Å². The third-order valence-electron chi connectivity index (χ3n) is 4.69. The van der Waals surface area contributed by atoms with Gasteiger partial charge in [0.05, 0.1) is 11.8 Å². The molecule has 1 fully saturated rings. The van der Waals surface area contributed by atoms with Crippen LogP contribution in [0.15, 0.2) is 30.5 Å². The van der Waals surface area contributed by atoms with E-state index in [1.165, 1.54) is 6.42 Å². The molecule has 1 aliphatic carbocycles. The van der Waals surface area contributed by atoms with Crippen molar-refractivity contribution in [3.63, 3.8) is 0 Å². The van der Waals surface area contributed by atoms with Crippen LogP contribution in [0.4, 0.5) is 24.7 Å². The van der Waals surface area contributed by atoms with Crippen molar-refractivity contribution in [2.24, 2.45) is 0 Å². The molecule has 2 aromatic heterocycles. The van der Waals surface area contributed by atoms with Gasteiger partial charge in [0.2, 0.25) is 0 Å². The molecular formula is C18H16ClF3N4. The molecule has 0 amide bonds. The summed E-state index contributed by atoms with van der Waals surface area (Å²) in [5, 5.41) is 7.64. The molecule has 4 nitrogen and oxygen atoms in total. The molecule has 0 saturated heterocycles. The summed E-state index contributed by atoms with van der Waals surface area (Å²) in [7, 11) is 0. The van der Waals surface area contributed by atoms with Crippen molar-refractivity contribution in [2.45, 2.75) is 38.3 Å². The largest absolute Gasteiger partial charge is 0.416 e. The minimum absolute atomic E-state index is 0.268. The lowest BCUT2D eigenvalue weighted by Crippen LogP contribution is -2.09. The van der Waals surface area contributed by atoms with Gasteiger partial charge in [-0.1, -0.05) is 18.0 Å². The van der Waals surface area contributed by atoms with Gasteiger partial charge in [0.1, 0.15) is 11.0 Å². The number of fused-ring (bicyclic) bond motifs is 1. The maximum atomic E-state index is 13.1. The van der Waals surface area contributed by atoms with Crippen LogP contribution in [0.2, 0.25) is 5.15 Å². The summed E-state index contributed by atoms with van der Waals surface area (Å²) in [6, 6.07) is 5.39. The molecule has 26 heavy (non-hydrogen) atoms. The topological polar surface area (TPSA) is 42.2 Å². The van der Waals surface area contributed by atoms with Crippen molar-refractivity contribution in [3.05, 3.63) is 52.3 Å². The minimum atomic E-state index is -4.41. The molecule has 0 radical (unpaired) electrons. The number of aromatic nitrogens is 3. The number of anilines is 2. The number of rotatable bonds is 3. The van der Waals surface area contributed by atoms with E-state index in [1.807, 2.05) is 0 Å². The molecule has 0 spiro atoms. The number of nitrogens with one attached hydrogen (secondary N) is 1. The average molecular weight is 381 g/mol. The maximum Gasteiger partial charge on any atom is 0.416 e. The van der Waals surface area contributed by atoms with E-state index in [2.05, 4.69) is 15.4 Å². The van der Waals surface area contributed by atoms with Gasteiger partial charge in [0, 0.05) is 17.3 Å². The van der Waals surface area contributed by atoms with Crippen LogP contribution in [-0.4, -0.2) is 14.6 Å². The summed E-state index contributed by atoms with van der Waals surface area (Å²) in [6.45, 7) is 1.62. The van der Waals surface area contributed by atoms with Gasteiger partial charge in [0.25, 0.3) is 0 Å². The van der Waals surface area contributed by atoms with Crippen LogP contribution in [0.5, 0.6) is 0 Å². The van der Waals surface area contributed by atoms with Crippen molar-refractivity contribution < 1.29 is 13.2 Å². The smallest absolute Gasteiger partial charge is 0.340 e. The minimum Gasteiger partial charge on any atom is -0.340 e. The Morgan fingerprint density at radius 1 is 1.19 bits per heavy atom. The Labute approximate surface area is 153 Å². The summed E-state index contributed by atoms with van der Waals surface area (Å²) in [4.78, 5) is 4.36. The Morgan fingerprint density at radius 2 is 1.96 bits per heavy atom. The fraction of sp³-hybridized carbons (Fsp3) is 0.333. The first-order valence-electron chi connectivity index (χ1n) is 8.31. The summed E-state index contributed by atoms with van der Waals surface area (Å²) in [5.41, 5.74) is 1.80. The Hall–Kier alpha value is -2.28. The Bertz CT molecular complexity index is 976. The van der Waals surface area contributed by atoms with Gasteiger partial charge in [-0.3, -0.25) is 0 Å². The van der Waals surface area contributed by atoms with Crippen molar-refractivity contribution >= 4 is 28.8 Å². The molecule has 3 aromatic rings. The standard InChI is InChI=1S/C18H16ClF3N4/c1-10-5-12(18(20,21)22)7-13(6-10)24-16-8-15(19)25-17-14(9-23-26(16)17)11-3-2-4-11/h5-9,11,24H,2-4H2,1H3. The van der Waals surface area contributed by atoms with E-state index in [9.17, 15) is 13.2 Å². The van der Waals surface area contributed by atoms with Crippen LogP contribution in [0.3, 0.4) is 0 Å². The van der Waals surface area contributed by atoms with Crippen molar-refractivity contribution in [1.82, 2.24) is 14.6 Å². The number of aryl methyl sites for hydroxylation is 1. The highest BCUT2D eigenvalue weighted by Crippen LogP contribution is 2.39. The van der Waals surface area contributed by atoms with E-state index in [1.54, 1.807) is 29.8 Å². The molecular weight excluding hydrogens is 365 g/mol. The number of nitrogens with zero attached hydrogens (tertiary/aromatic N) is 3. The van der Waals surface area contributed by atoms with Gasteiger partial charge >= 0.3 is 6.18 Å². The van der Waals surface area contributed by atoms with E-state index in [0.717, 1.165) is 30.5 Å². The fourth-order valence-electron chi connectivity index (χ4n) is 3.21. The number of halogens is 4. The summed E-state index contributed by atoms with van der Waals surface area (Å²) in [5.74, 6) is 0.895. The highest BCUT2D eigenvalue weighted by Gasteiger charge is 2.31. The molecule has 1 N–H and O–H groups in total. The third kappa shape index (κ3) is 3.11. The molecule has 1 saturated carbocycles. The molecule has 1 aromatic carbocycles. The summed E-state index contributed by atoms with van der Waals surface area (Å²) < 4.78 is 40.8. The highest BCUT2D eigenvalue weighted by atomic mass is 35.5. The number of hydrogen-bond acceptors (Lipinski definition) is 3. The van der Waals surface area contributed by atoms with Crippen LogP contribution in [-0.2, 0) is 6.18 Å². The quantitative estimate of drug-likeness (QED) is 0.591. The lowest BCUT2D eigenvalue weighted by Gasteiger charge is -2.24. The first kappa shape index (κ1) is 17.1. The predicted molar refractivity (Wildman–Crippen MR) is 94.1 cm³/mol. The second-order valence-corrected chi connectivity index (χ2v) is 7.02. The van der Waals surface area contributed by atoms with E-state index in [4.69, 9.17) is 11.6 Å². The lowest BCUT2D eigenvalue weighted by atomic mass is 9.81. The van der Waals surface area contributed by atoms with Crippen LogP contribution >= 0.6 is 11.6 Å². The van der Waals surface area contributed by atoms with E-state index < -0.39 is 11.7 Å². The molecule has 2 heterocycles. The second-order valence-electron chi connectivity index (χ2n) is 6.64. The zero-order chi connectivity index (χ0) is 18.5. The van der Waals surface area contributed by atoms with Gasteiger partial charge in [-0.2, -0.15) is 22.8 Å². The number of alkyl halides is 3. The first-order valence-corrected chi connectivity index (χ1v) is 8.69. The Morgan fingerprint density at radius 3 is 2.62 bits per heavy atom. The second kappa shape index (κ2) is 6.16. The molecule has 0 atom stereocenters. The monoisotopic (exact) mass is 380 g/mol. The van der Waals surface area contributed by atoms with Crippen molar-refractivity contribution in [1.29, 1.82) is 0 Å². The van der Waals surface area contributed by atoms with Gasteiger partial charge < -0.3 is 5.32 Å². The highest BCUT2D eigenvalue weighted by molar-refractivity contribution is 6.29. The normalized spacial score (nSPS) is 15.3. The van der Waals surface area contributed by atoms with Crippen LogP contribution < -0.4 is 5.32 Å². The molecule has 8 heteroatoms. The molecule has 4 rings (SSSR count). The predicted octanol–water partition coefficient (Wildman–Crippen LogP) is 5.72. The zero-order valence-corrected chi connectivity index (χ0v) is 14.7. The fourth-order valence-corrected chi connectivity index (χ4v) is 3.40. The maximum absolute atomic E-state index is 13.1. The van der Waals surface area contributed by atoms with E-state index in [0.29, 0.717) is 28.6 Å². The van der Waals surface area contributed by atoms with Gasteiger partial charge in [-0.05, 0) is 49.4 Å². The number of hydrogen-bond donors (Lipinski definition) is 1. The molecule has 1 aliphatic rings. The first-order chi connectivity index (χ1) is 12.3. The summed E-state index contributed by atoms with van der Waals surface area (Å²) in [6.07, 6.45) is 0.718. The van der Waals surface area contributed by atoms with E-state index in [-0.39, 0.29) is 5.15 Å². The van der Waals surface area contributed by atoms with Crippen LogP contribution in [0, 0.1) is 6.92 Å². The molecule has 0 unspecified atom stereocenters. The van der Waals surface area contributed by atoms with Crippen LogP contribution in [0.1, 0.15) is 41.9 Å². The Balaban J connectivity index is 1.76. The zero-order valence-electron chi connectivity index (χ0n) is 13.9. The summed E-state index contributed by atoms with van der Waals surface area (Å²) >= 11 is 6.15. The SMILES string of the molecule is Cc1cc(Nc2cc(Cl)nc3c(C4CCC4)cnn23)cc(C(F)(F)F)c1. The van der Waals surface area contributed by atoms with Gasteiger partial charge in [-0.15, -0.1) is 0 Å². The number of benzene rings is 1. The van der Waals surface area contributed by atoms with Crippen LogP contribution in [0.25, 0.3) is 5.65 Å². The van der Waals surface area contributed by atoms with E-state index >= 15 is 0 Å². The molecule has 0 bridgehead atoms. The Kier molecular flexibility index (Phi) is 4.06. The van der Waals surface area contributed by atoms with Crippen molar-refractivity contribution in [3.8, 4) is 0 Å².